The van der Waals surface area contributed by atoms with Crippen molar-refractivity contribution < 1.29 is 23.1 Å². The summed E-state index contributed by atoms with van der Waals surface area (Å²) in [6.07, 6.45) is 3.05. The third-order valence-electron chi connectivity index (χ3n) is 10.9. The third-order valence-corrected chi connectivity index (χ3v) is 16.5. The Morgan fingerprint density at radius 3 is 2.17 bits per heavy atom. The fourth-order valence-corrected chi connectivity index (χ4v) is 10.8. The highest BCUT2D eigenvalue weighted by Crippen LogP contribution is 2.70. The second-order valence-electron chi connectivity index (χ2n) is 17.7. The van der Waals surface area contributed by atoms with E-state index in [1.54, 1.807) is 6.33 Å². The Balaban J connectivity index is 1.26. The van der Waals surface area contributed by atoms with Crippen LogP contribution in [0.3, 0.4) is 0 Å². The van der Waals surface area contributed by atoms with Crippen LogP contribution in [0.2, 0.25) is 37.8 Å². The maximum atomic E-state index is 14.1. The highest BCUT2D eigenvalue weighted by molar-refractivity contribution is 6.74. The largest absolute Gasteiger partial charge is 0.425 e. The zero-order chi connectivity index (χ0) is 37.3. The summed E-state index contributed by atoms with van der Waals surface area (Å²) in [7, 11) is -4.11. The summed E-state index contributed by atoms with van der Waals surface area (Å²) in [5.74, 6) is 1.17. The zero-order valence-corrected chi connectivity index (χ0v) is 34.3. The molecule has 0 radical (unpaired) electrons. The molecule has 0 spiro atoms. The van der Waals surface area contributed by atoms with Crippen LogP contribution in [0.4, 0.5) is 22.1 Å². The molecule has 278 valence electrons. The van der Waals surface area contributed by atoms with Gasteiger partial charge in [0.05, 0.1) is 28.9 Å². The van der Waals surface area contributed by atoms with Gasteiger partial charge in [0.25, 0.3) is 5.88 Å². The maximum Gasteiger partial charge on any atom is 0.425 e. The van der Waals surface area contributed by atoms with E-state index in [4.69, 9.17) is 33.3 Å². The number of amides is 1. The lowest BCUT2D eigenvalue weighted by atomic mass is 9.92. The van der Waals surface area contributed by atoms with E-state index in [1.165, 1.54) is 4.90 Å². The van der Waals surface area contributed by atoms with E-state index in [9.17, 15) is 4.79 Å². The maximum absolute atomic E-state index is 14.1. The van der Waals surface area contributed by atoms with Crippen LogP contribution in [-0.2, 0) is 13.6 Å². The second kappa shape index (κ2) is 13.0. The first kappa shape index (κ1) is 36.7. The minimum Gasteiger partial charge on any atom is -0.409 e. The van der Waals surface area contributed by atoms with Gasteiger partial charge < -0.3 is 23.6 Å². The average molecular weight is 743 g/mol. The van der Waals surface area contributed by atoms with Crippen molar-refractivity contribution in [1.82, 2.24) is 19.5 Å². The average Bonchev–Trinajstić information content (AvgIpc) is 3.31. The van der Waals surface area contributed by atoms with E-state index < -0.39 is 34.6 Å². The summed E-state index contributed by atoms with van der Waals surface area (Å²) < 4.78 is 29.7. The summed E-state index contributed by atoms with van der Waals surface area (Å²) in [5.41, 5.74) is 1.41. The number of fused-ring (bicyclic) bond motifs is 4. The van der Waals surface area contributed by atoms with Crippen molar-refractivity contribution in [2.24, 2.45) is 11.8 Å². The molecule has 1 aliphatic heterocycles. The fraction of sp³-hybridized carbons (Fsp3) is 0.538. The van der Waals surface area contributed by atoms with E-state index in [0.717, 1.165) is 12.8 Å². The summed E-state index contributed by atoms with van der Waals surface area (Å²) in [5, 5.41) is 3.41. The molecule has 2 aliphatic carbocycles. The molecule has 7 rings (SSSR count). The number of nitrogens with zero attached hydrogens (tertiary/aromatic N) is 5. The SMILES string of the molecule is CC(C)CNc1nc(OC(=O)N(c2ccccc2)c2ccccc2)c2ncn([C@@H]3C[C@@]4(O[Si](C)(C)C)C[C@H]5C[C@]5(O[Si](C)(C)C(C)(C)C)[C@H]4O3)c2n1. The quantitative estimate of drug-likeness (QED) is 0.150. The van der Waals surface area contributed by atoms with Gasteiger partial charge >= 0.3 is 6.09 Å². The topological polar surface area (TPSA) is 113 Å². The predicted octanol–water partition coefficient (Wildman–Crippen LogP) is 9.29. The summed E-state index contributed by atoms with van der Waals surface area (Å²) in [6, 6.07) is 18.8. The lowest BCUT2D eigenvalue weighted by molar-refractivity contribution is -0.0966. The van der Waals surface area contributed by atoms with Crippen molar-refractivity contribution >= 4 is 51.2 Å². The lowest BCUT2D eigenvalue weighted by Gasteiger charge is -2.43. The normalized spacial score (nSPS) is 25.6. The number of ether oxygens (including phenoxy) is 2. The van der Waals surface area contributed by atoms with Gasteiger partial charge in [0, 0.05) is 13.0 Å². The number of imidazole rings is 1. The van der Waals surface area contributed by atoms with E-state index in [0.29, 0.717) is 53.3 Å². The Labute approximate surface area is 309 Å². The van der Waals surface area contributed by atoms with Gasteiger partial charge in [-0.3, -0.25) is 4.57 Å². The number of carbonyl (C=O) groups excluding carboxylic acids is 1. The van der Waals surface area contributed by atoms with Gasteiger partial charge in [-0.15, -0.1) is 0 Å². The summed E-state index contributed by atoms with van der Waals surface area (Å²) in [4.78, 5) is 30.0. The van der Waals surface area contributed by atoms with Crippen molar-refractivity contribution in [2.45, 2.75) is 115 Å². The second-order valence-corrected chi connectivity index (χ2v) is 26.9. The van der Waals surface area contributed by atoms with Crippen LogP contribution < -0.4 is 15.0 Å². The smallest absolute Gasteiger partial charge is 0.409 e. The number of para-hydroxylation sites is 2. The van der Waals surface area contributed by atoms with Gasteiger partial charge in [0.1, 0.15) is 12.3 Å². The number of carbonyl (C=O) groups is 1. The number of anilines is 3. The van der Waals surface area contributed by atoms with Crippen molar-refractivity contribution in [3.05, 3.63) is 67.0 Å². The zero-order valence-electron chi connectivity index (χ0n) is 32.3. The number of benzene rings is 2. The van der Waals surface area contributed by atoms with E-state index in [1.807, 2.05) is 65.2 Å². The number of nitrogens with one attached hydrogen (secondary N) is 1. The molecule has 2 aromatic heterocycles. The molecule has 13 heteroatoms. The van der Waals surface area contributed by atoms with Crippen LogP contribution in [0.15, 0.2) is 67.0 Å². The van der Waals surface area contributed by atoms with Crippen LogP contribution in [-0.4, -0.2) is 66.1 Å². The van der Waals surface area contributed by atoms with Gasteiger partial charge in [-0.1, -0.05) is 71.0 Å². The van der Waals surface area contributed by atoms with Crippen LogP contribution in [0.25, 0.3) is 11.2 Å². The summed E-state index contributed by atoms with van der Waals surface area (Å²) in [6.45, 7) is 23.1. The first-order chi connectivity index (χ1) is 24.4. The molecule has 0 bridgehead atoms. The predicted molar refractivity (Wildman–Crippen MR) is 209 cm³/mol. The molecule has 3 aliphatic rings. The monoisotopic (exact) mass is 742 g/mol. The van der Waals surface area contributed by atoms with Gasteiger partial charge in [-0.2, -0.15) is 9.97 Å². The molecule has 5 atom stereocenters. The molecular formula is C39H54N6O5Si2. The first-order valence-corrected chi connectivity index (χ1v) is 24.9. The van der Waals surface area contributed by atoms with Crippen LogP contribution in [0.5, 0.6) is 5.88 Å². The standard InChI is InChI=1S/C39H54N6O5Si2/c1-26(2)24-40-35-42-32-31(33(43-35)48-36(46)45(28-17-13-11-14-18-28)29-19-15-12-16-20-29)41-25-44(32)30-23-38(49-51(6,7)8)21-27-22-39(27,34(38)47-30)50-52(9,10)37(3,4)5/h11-20,25-27,30,34H,21-24H2,1-10H3,(H,40,42,43)/t27-,30-,34-,38-,39+/m0/s1. The van der Waals surface area contributed by atoms with Gasteiger partial charge in [-0.25, -0.2) is 14.7 Å². The highest BCUT2D eigenvalue weighted by Gasteiger charge is 2.78. The fourth-order valence-electron chi connectivity index (χ4n) is 7.70. The van der Waals surface area contributed by atoms with Gasteiger partial charge in [0.2, 0.25) is 5.95 Å². The van der Waals surface area contributed by atoms with Crippen molar-refractivity contribution in [1.29, 1.82) is 0 Å². The molecule has 52 heavy (non-hydrogen) atoms. The minimum absolute atomic E-state index is 0.0685. The van der Waals surface area contributed by atoms with Crippen LogP contribution >= 0.6 is 0 Å². The number of hydrogen-bond donors (Lipinski definition) is 1. The number of hydrogen-bond acceptors (Lipinski definition) is 9. The number of aromatic nitrogens is 4. The summed E-state index contributed by atoms with van der Waals surface area (Å²) >= 11 is 0. The van der Waals surface area contributed by atoms with Crippen LogP contribution in [0, 0.1) is 11.8 Å². The van der Waals surface area contributed by atoms with Gasteiger partial charge in [-0.05, 0) is 86.7 Å². The molecule has 2 saturated carbocycles. The van der Waals surface area contributed by atoms with E-state index in [-0.39, 0.29) is 22.6 Å². The molecule has 11 nitrogen and oxygen atoms in total. The molecule has 3 heterocycles. The lowest BCUT2D eigenvalue weighted by Crippen LogP contribution is -2.54. The van der Waals surface area contributed by atoms with Crippen molar-refractivity contribution in [2.75, 3.05) is 16.8 Å². The molecule has 1 N–H and O–H groups in total. The molecule has 4 aromatic rings. The Bertz CT molecular complexity index is 1890. The number of rotatable bonds is 11. The Hall–Kier alpha value is -3.63. The third kappa shape index (κ3) is 6.81. The van der Waals surface area contributed by atoms with E-state index in [2.05, 4.69) is 72.7 Å². The van der Waals surface area contributed by atoms with Crippen molar-refractivity contribution in [3.8, 4) is 5.88 Å². The van der Waals surface area contributed by atoms with Crippen LogP contribution in [0.1, 0.15) is 60.1 Å². The molecule has 0 unspecified atom stereocenters. The van der Waals surface area contributed by atoms with Gasteiger partial charge in [0.15, 0.2) is 27.8 Å². The molecule has 2 aromatic carbocycles. The Kier molecular flexibility index (Phi) is 9.21. The molecular weight excluding hydrogens is 689 g/mol. The molecule has 1 saturated heterocycles. The Morgan fingerprint density at radius 2 is 1.60 bits per heavy atom. The highest BCUT2D eigenvalue weighted by atomic mass is 28.4. The van der Waals surface area contributed by atoms with E-state index >= 15 is 0 Å². The molecule has 1 amide bonds. The first-order valence-electron chi connectivity index (χ1n) is 18.6. The minimum atomic E-state index is -2.12. The van der Waals surface area contributed by atoms with Crippen molar-refractivity contribution in [3.63, 3.8) is 0 Å². The molecule has 3 fully saturated rings. The Morgan fingerprint density at radius 1 is 0.962 bits per heavy atom.